The van der Waals surface area contributed by atoms with E-state index in [1.54, 1.807) is 19.2 Å². The lowest BCUT2D eigenvalue weighted by atomic mass is 9.92. The highest BCUT2D eigenvalue weighted by Gasteiger charge is 2.26. The van der Waals surface area contributed by atoms with Gasteiger partial charge in [0, 0.05) is 25.3 Å². The number of nitro benzene ring substituents is 1. The monoisotopic (exact) mass is 377 g/mol. The standard InChI is InChI=1S/C12H16IN3O3/c1-12(2,11(17)14-3)7-15-8-4-5-10(16(18)19)9(13)6-8/h4-6,15H,7H2,1-3H3,(H,14,17). The summed E-state index contributed by atoms with van der Waals surface area (Å²) in [6.07, 6.45) is 0. The molecular weight excluding hydrogens is 361 g/mol. The number of hydrogen-bond donors (Lipinski definition) is 2. The molecule has 2 N–H and O–H groups in total. The zero-order valence-corrected chi connectivity index (χ0v) is 13.1. The molecule has 1 rings (SSSR count). The summed E-state index contributed by atoms with van der Waals surface area (Å²) in [6.45, 7) is 4.10. The third kappa shape index (κ3) is 4.05. The zero-order valence-electron chi connectivity index (χ0n) is 11.0. The van der Waals surface area contributed by atoms with E-state index in [1.165, 1.54) is 6.07 Å². The number of halogens is 1. The molecule has 0 saturated heterocycles. The van der Waals surface area contributed by atoms with Gasteiger partial charge in [0.05, 0.1) is 13.9 Å². The molecule has 0 aliphatic heterocycles. The topological polar surface area (TPSA) is 84.3 Å². The Bertz CT molecular complexity index is 503. The van der Waals surface area contributed by atoms with Crippen LogP contribution in [0.2, 0.25) is 0 Å². The Morgan fingerprint density at radius 1 is 1.47 bits per heavy atom. The summed E-state index contributed by atoms with van der Waals surface area (Å²) >= 11 is 1.92. The molecule has 6 nitrogen and oxygen atoms in total. The van der Waals surface area contributed by atoms with Crippen molar-refractivity contribution in [2.75, 3.05) is 18.9 Å². The fourth-order valence-corrected chi connectivity index (χ4v) is 2.22. The van der Waals surface area contributed by atoms with Gasteiger partial charge in [-0.15, -0.1) is 0 Å². The van der Waals surface area contributed by atoms with E-state index < -0.39 is 10.3 Å². The molecule has 0 spiro atoms. The van der Waals surface area contributed by atoms with E-state index in [4.69, 9.17) is 0 Å². The van der Waals surface area contributed by atoms with Crippen molar-refractivity contribution >= 4 is 39.9 Å². The van der Waals surface area contributed by atoms with Crippen LogP contribution >= 0.6 is 22.6 Å². The van der Waals surface area contributed by atoms with Crippen LogP contribution in [-0.2, 0) is 4.79 Å². The SMILES string of the molecule is CNC(=O)C(C)(C)CNc1ccc([N+](=O)[O-])c(I)c1. The number of nitrogens with one attached hydrogen (secondary N) is 2. The van der Waals surface area contributed by atoms with E-state index in [0.717, 1.165) is 5.69 Å². The lowest BCUT2D eigenvalue weighted by Gasteiger charge is -2.23. The molecular formula is C12H16IN3O3. The van der Waals surface area contributed by atoms with E-state index in [9.17, 15) is 14.9 Å². The Hall–Kier alpha value is -1.38. The Morgan fingerprint density at radius 2 is 2.11 bits per heavy atom. The van der Waals surface area contributed by atoms with E-state index in [2.05, 4.69) is 10.6 Å². The van der Waals surface area contributed by atoms with Crippen molar-refractivity contribution in [1.29, 1.82) is 0 Å². The van der Waals surface area contributed by atoms with E-state index in [0.29, 0.717) is 10.1 Å². The van der Waals surface area contributed by atoms with Gasteiger partial charge in [-0.25, -0.2) is 0 Å². The van der Waals surface area contributed by atoms with Gasteiger partial charge in [0.15, 0.2) is 0 Å². The molecule has 0 saturated carbocycles. The van der Waals surface area contributed by atoms with Crippen LogP contribution in [-0.4, -0.2) is 24.4 Å². The maximum absolute atomic E-state index is 11.6. The van der Waals surface area contributed by atoms with Crippen molar-refractivity contribution in [3.8, 4) is 0 Å². The molecule has 104 valence electrons. The minimum absolute atomic E-state index is 0.0587. The molecule has 1 aromatic carbocycles. The maximum Gasteiger partial charge on any atom is 0.282 e. The fraction of sp³-hybridized carbons (Fsp3) is 0.417. The Morgan fingerprint density at radius 3 is 2.58 bits per heavy atom. The zero-order chi connectivity index (χ0) is 14.6. The average molecular weight is 377 g/mol. The second-order valence-electron chi connectivity index (χ2n) is 4.74. The van der Waals surface area contributed by atoms with Crippen molar-refractivity contribution in [1.82, 2.24) is 5.32 Å². The molecule has 19 heavy (non-hydrogen) atoms. The Labute approximate surface area is 125 Å². The quantitative estimate of drug-likeness (QED) is 0.469. The summed E-state index contributed by atoms with van der Waals surface area (Å²) in [5, 5.41) is 16.4. The van der Waals surface area contributed by atoms with Gasteiger partial charge in [-0.3, -0.25) is 14.9 Å². The van der Waals surface area contributed by atoms with Gasteiger partial charge in [0.2, 0.25) is 5.91 Å². The summed E-state index contributed by atoms with van der Waals surface area (Å²) in [5.41, 5.74) is 0.283. The third-order valence-electron chi connectivity index (χ3n) is 2.72. The minimum atomic E-state index is -0.554. The van der Waals surface area contributed by atoms with Gasteiger partial charge in [-0.05, 0) is 48.6 Å². The summed E-state index contributed by atoms with van der Waals surface area (Å²) in [5.74, 6) is -0.0587. The maximum atomic E-state index is 11.6. The molecule has 0 unspecified atom stereocenters. The van der Waals surface area contributed by atoms with Crippen molar-refractivity contribution in [3.63, 3.8) is 0 Å². The third-order valence-corrected chi connectivity index (χ3v) is 3.58. The van der Waals surface area contributed by atoms with Crippen LogP contribution in [0.5, 0.6) is 0 Å². The van der Waals surface area contributed by atoms with Crippen LogP contribution in [0.15, 0.2) is 18.2 Å². The van der Waals surface area contributed by atoms with Gasteiger partial charge in [-0.1, -0.05) is 0 Å². The van der Waals surface area contributed by atoms with Crippen LogP contribution in [0.1, 0.15) is 13.8 Å². The fourth-order valence-electron chi connectivity index (χ4n) is 1.51. The van der Waals surface area contributed by atoms with Crippen molar-refractivity contribution in [2.45, 2.75) is 13.8 Å². The van der Waals surface area contributed by atoms with Crippen LogP contribution < -0.4 is 10.6 Å². The Kier molecular flexibility index (Phi) is 5.10. The first-order valence-corrected chi connectivity index (χ1v) is 6.76. The number of amides is 1. The number of anilines is 1. The first-order valence-electron chi connectivity index (χ1n) is 5.68. The highest BCUT2D eigenvalue weighted by atomic mass is 127. The van der Waals surface area contributed by atoms with Crippen molar-refractivity contribution < 1.29 is 9.72 Å². The number of hydrogen-bond acceptors (Lipinski definition) is 4. The molecule has 7 heteroatoms. The first-order chi connectivity index (χ1) is 8.77. The molecule has 0 aromatic heterocycles. The van der Waals surface area contributed by atoms with Crippen molar-refractivity contribution in [2.24, 2.45) is 5.41 Å². The molecule has 0 fully saturated rings. The molecule has 0 bridgehead atoms. The van der Waals surface area contributed by atoms with Crippen LogP contribution in [0.3, 0.4) is 0 Å². The number of carbonyl (C=O) groups excluding carboxylic acids is 1. The van der Waals surface area contributed by atoms with Gasteiger partial charge in [-0.2, -0.15) is 0 Å². The normalized spacial score (nSPS) is 10.9. The Balaban J connectivity index is 2.77. The molecule has 0 atom stereocenters. The summed E-state index contributed by atoms with van der Waals surface area (Å²) in [4.78, 5) is 21.9. The number of carbonyl (C=O) groups is 1. The smallest absolute Gasteiger partial charge is 0.282 e. The van der Waals surface area contributed by atoms with Crippen LogP contribution in [0.4, 0.5) is 11.4 Å². The molecule has 0 aliphatic carbocycles. The first kappa shape index (κ1) is 15.7. The van der Waals surface area contributed by atoms with Crippen molar-refractivity contribution in [3.05, 3.63) is 31.9 Å². The van der Waals surface area contributed by atoms with Crippen LogP contribution in [0, 0.1) is 19.1 Å². The molecule has 1 amide bonds. The molecule has 0 aliphatic rings. The average Bonchev–Trinajstić information content (AvgIpc) is 2.35. The molecule has 0 radical (unpaired) electrons. The second-order valence-corrected chi connectivity index (χ2v) is 5.90. The predicted molar refractivity (Wildman–Crippen MR) is 82.2 cm³/mol. The lowest BCUT2D eigenvalue weighted by Crippen LogP contribution is -2.39. The number of benzene rings is 1. The van der Waals surface area contributed by atoms with Gasteiger partial charge in [0.1, 0.15) is 0 Å². The molecule has 1 aromatic rings. The van der Waals surface area contributed by atoms with Gasteiger partial charge >= 0.3 is 0 Å². The lowest BCUT2D eigenvalue weighted by molar-refractivity contribution is -0.385. The van der Waals surface area contributed by atoms with E-state index >= 15 is 0 Å². The minimum Gasteiger partial charge on any atom is -0.384 e. The van der Waals surface area contributed by atoms with Gasteiger partial charge < -0.3 is 10.6 Å². The van der Waals surface area contributed by atoms with Crippen LogP contribution in [0.25, 0.3) is 0 Å². The predicted octanol–water partition coefficient (Wildman–Crippen LogP) is 2.38. The van der Waals surface area contributed by atoms with Gasteiger partial charge in [0.25, 0.3) is 5.69 Å². The largest absolute Gasteiger partial charge is 0.384 e. The number of nitrogens with zero attached hydrogens (tertiary/aromatic N) is 1. The number of rotatable bonds is 5. The highest BCUT2D eigenvalue weighted by molar-refractivity contribution is 14.1. The summed E-state index contributed by atoms with van der Waals surface area (Å²) < 4.78 is 0.561. The van der Waals surface area contributed by atoms with E-state index in [1.807, 2.05) is 36.4 Å². The molecule has 0 heterocycles. The summed E-state index contributed by atoms with van der Waals surface area (Å²) in [7, 11) is 1.60. The number of nitro groups is 1. The summed E-state index contributed by atoms with van der Waals surface area (Å²) in [6, 6.07) is 4.79. The second kappa shape index (κ2) is 6.18. The highest BCUT2D eigenvalue weighted by Crippen LogP contribution is 2.25. The van der Waals surface area contributed by atoms with E-state index in [-0.39, 0.29) is 11.6 Å².